The molecular formula is C22H30N2O2. The maximum Gasteiger partial charge on any atom is 0.333 e. The van der Waals surface area contributed by atoms with E-state index >= 15 is 0 Å². The van der Waals surface area contributed by atoms with Gasteiger partial charge in [-0.1, -0.05) is 38.8 Å². The fourth-order valence-corrected chi connectivity index (χ4v) is 2.92. The maximum atomic E-state index is 11.9. The lowest BCUT2D eigenvalue weighted by atomic mass is 10.0. The number of hydrogen-bond donors (Lipinski definition) is 0. The molecule has 4 nitrogen and oxygen atoms in total. The van der Waals surface area contributed by atoms with Gasteiger partial charge in [0.25, 0.3) is 0 Å². The highest BCUT2D eigenvalue weighted by Crippen LogP contribution is 2.20. The van der Waals surface area contributed by atoms with E-state index < -0.39 is 0 Å². The molecule has 1 unspecified atom stereocenters. The van der Waals surface area contributed by atoms with Crippen LogP contribution in [0, 0.1) is 0 Å². The van der Waals surface area contributed by atoms with Crippen LogP contribution in [-0.2, 0) is 9.53 Å². The summed E-state index contributed by atoms with van der Waals surface area (Å²) in [7, 11) is 0. The van der Waals surface area contributed by atoms with E-state index in [1.165, 1.54) is 30.4 Å². The van der Waals surface area contributed by atoms with Crippen LogP contribution in [0.3, 0.4) is 0 Å². The van der Waals surface area contributed by atoms with E-state index in [2.05, 4.69) is 41.7 Å². The second-order valence-corrected chi connectivity index (χ2v) is 6.82. The zero-order chi connectivity index (χ0) is 18.8. The molecule has 0 amide bonds. The van der Waals surface area contributed by atoms with E-state index in [1.54, 1.807) is 19.3 Å². The Labute approximate surface area is 157 Å². The summed E-state index contributed by atoms with van der Waals surface area (Å²) in [6, 6.07) is 4.02. The number of carbonyl (C=O) groups is 1. The third-order valence-electron chi connectivity index (χ3n) is 4.46. The minimum atomic E-state index is -0.292. The molecule has 1 aromatic heterocycles. The molecule has 4 heteroatoms. The zero-order valence-corrected chi connectivity index (χ0v) is 16.0. The van der Waals surface area contributed by atoms with Crippen LogP contribution in [0.5, 0.6) is 0 Å². The standard InChI is InChI=1S/C22H30N2O2/c1-4-5-6-7-8-21(26-22(25)18(2)3)17-24-15-11-20(12-16-24)19-9-13-23-14-10-19/h9-15,21H,2,4-8,16-17H2,1,3H3. The van der Waals surface area contributed by atoms with E-state index in [1.807, 2.05) is 12.1 Å². The summed E-state index contributed by atoms with van der Waals surface area (Å²) in [6.07, 6.45) is 15.5. The van der Waals surface area contributed by atoms with Crippen LogP contribution in [0.25, 0.3) is 5.57 Å². The summed E-state index contributed by atoms with van der Waals surface area (Å²) in [5.41, 5.74) is 2.82. The largest absolute Gasteiger partial charge is 0.457 e. The lowest BCUT2D eigenvalue weighted by Gasteiger charge is -2.28. The Hall–Kier alpha value is -2.36. The molecule has 2 heterocycles. The van der Waals surface area contributed by atoms with Crippen molar-refractivity contribution in [1.29, 1.82) is 0 Å². The fourth-order valence-electron chi connectivity index (χ4n) is 2.92. The molecule has 1 atom stereocenters. The van der Waals surface area contributed by atoms with E-state index in [-0.39, 0.29) is 12.1 Å². The Bertz CT molecular complexity index is 649. The summed E-state index contributed by atoms with van der Waals surface area (Å²) in [5, 5.41) is 0. The molecular weight excluding hydrogens is 324 g/mol. The average Bonchev–Trinajstić information content (AvgIpc) is 2.66. The third-order valence-corrected chi connectivity index (χ3v) is 4.46. The Kier molecular flexibility index (Phi) is 8.13. The molecule has 140 valence electrons. The van der Waals surface area contributed by atoms with Crippen molar-refractivity contribution in [3.8, 4) is 0 Å². The highest BCUT2D eigenvalue weighted by atomic mass is 16.5. The van der Waals surface area contributed by atoms with Crippen molar-refractivity contribution in [2.24, 2.45) is 0 Å². The first-order valence-corrected chi connectivity index (χ1v) is 9.49. The molecule has 26 heavy (non-hydrogen) atoms. The van der Waals surface area contributed by atoms with Crippen LogP contribution in [0.15, 0.2) is 55.0 Å². The quantitative estimate of drug-likeness (QED) is 0.345. The molecule has 1 aliphatic heterocycles. The average molecular weight is 354 g/mol. The van der Waals surface area contributed by atoms with E-state index in [4.69, 9.17) is 4.74 Å². The van der Waals surface area contributed by atoms with Gasteiger partial charge in [-0.2, -0.15) is 0 Å². The Morgan fingerprint density at radius 2 is 2.08 bits per heavy atom. The van der Waals surface area contributed by atoms with Crippen LogP contribution < -0.4 is 0 Å². The van der Waals surface area contributed by atoms with Crippen LogP contribution >= 0.6 is 0 Å². The Morgan fingerprint density at radius 1 is 1.31 bits per heavy atom. The second-order valence-electron chi connectivity index (χ2n) is 6.82. The number of aromatic nitrogens is 1. The number of allylic oxidation sites excluding steroid dienone is 2. The molecule has 0 aliphatic carbocycles. The molecule has 0 fully saturated rings. The molecule has 0 saturated heterocycles. The first kappa shape index (κ1) is 20.0. The van der Waals surface area contributed by atoms with Gasteiger partial charge in [-0.15, -0.1) is 0 Å². The lowest BCUT2D eigenvalue weighted by Crippen LogP contribution is -2.33. The van der Waals surface area contributed by atoms with E-state index in [0.29, 0.717) is 12.1 Å². The molecule has 0 radical (unpaired) electrons. The van der Waals surface area contributed by atoms with Gasteiger partial charge in [0.05, 0.1) is 6.54 Å². The topological polar surface area (TPSA) is 42.4 Å². The van der Waals surface area contributed by atoms with Crippen LogP contribution in [0.4, 0.5) is 0 Å². The molecule has 1 aromatic rings. The number of esters is 1. The molecule has 1 aliphatic rings. The zero-order valence-electron chi connectivity index (χ0n) is 16.0. The van der Waals surface area contributed by atoms with Crippen molar-refractivity contribution in [3.05, 3.63) is 60.6 Å². The minimum absolute atomic E-state index is 0.100. The van der Waals surface area contributed by atoms with Crippen molar-refractivity contribution >= 4 is 11.5 Å². The molecule has 0 aromatic carbocycles. The first-order valence-electron chi connectivity index (χ1n) is 9.49. The summed E-state index contributed by atoms with van der Waals surface area (Å²) in [4.78, 5) is 18.2. The summed E-state index contributed by atoms with van der Waals surface area (Å²) in [6.45, 7) is 9.10. The molecule has 0 bridgehead atoms. The van der Waals surface area contributed by atoms with Gasteiger partial charge in [0, 0.05) is 30.7 Å². The fraction of sp³-hybridized carbons (Fsp3) is 0.455. The van der Waals surface area contributed by atoms with Gasteiger partial charge in [0.2, 0.25) is 0 Å². The SMILES string of the molecule is C=C(C)C(=O)OC(CCCCCC)CN1C=CC(c2ccncc2)=CC1. The number of nitrogens with zero attached hydrogens (tertiary/aromatic N) is 2. The maximum absolute atomic E-state index is 11.9. The van der Waals surface area contributed by atoms with Gasteiger partial charge in [-0.25, -0.2) is 4.79 Å². The number of hydrogen-bond acceptors (Lipinski definition) is 4. The van der Waals surface area contributed by atoms with Gasteiger partial charge >= 0.3 is 5.97 Å². The van der Waals surface area contributed by atoms with E-state index in [9.17, 15) is 4.79 Å². The number of carbonyl (C=O) groups excluding carboxylic acids is 1. The first-order chi connectivity index (χ1) is 12.6. The number of unbranched alkanes of at least 4 members (excludes halogenated alkanes) is 3. The van der Waals surface area contributed by atoms with Gasteiger partial charge in [0.15, 0.2) is 0 Å². The van der Waals surface area contributed by atoms with Crippen LogP contribution in [-0.4, -0.2) is 35.0 Å². The molecule has 2 rings (SSSR count). The van der Waals surface area contributed by atoms with Crippen LogP contribution in [0.1, 0.15) is 51.5 Å². The Morgan fingerprint density at radius 3 is 2.69 bits per heavy atom. The van der Waals surface area contributed by atoms with Crippen LogP contribution in [0.2, 0.25) is 0 Å². The number of ether oxygens (including phenoxy) is 1. The monoisotopic (exact) mass is 354 g/mol. The van der Waals surface area contributed by atoms with Gasteiger partial charge in [-0.3, -0.25) is 4.98 Å². The van der Waals surface area contributed by atoms with E-state index in [0.717, 1.165) is 19.4 Å². The van der Waals surface area contributed by atoms with Gasteiger partial charge in [-0.05, 0) is 49.1 Å². The molecule has 0 saturated carbocycles. The van der Waals surface area contributed by atoms with Crippen molar-refractivity contribution in [2.45, 2.75) is 52.1 Å². The molecule has 0 spiro atoms. The predicted octanol–water partition coefficient (Wildman–Crippen LogP) is 4.75. The molecule has 0 N–H and O–H groups in total. The summed E-state index contributed by atoms with van der Waals surface area (Å²) in [5.74, 6) is -0.292. The highest BCUT2D eigenvalue weighted by Gasteiger charge is 2.18. The lowest BCUT2D eigenvalue weighted by molar-refractivity contribution is -0.145. The van der Waals surface area contributed by atoms with Crippen molar-refractivity contribution < 1.29 is 9.53 Å². The normalized spacial score (nSPS) is 14.7. The summed E-state index contributed by atoms with van der Waals surface area (Å²) >= 11 is 0. The minimum Gasteiger partial charge on any atom is -0.457 e. The summed E-state index contributed by atoms with van der Waals surface area (Å²) < 4.78 is 5.66. The third kappa shape index (κ3) is 6.51. The van der Waals surface area contributed by atoms with Gasteiger partial charge < -0.3 is 9.64 Å². The highest BCUT2D eigenvalue weighted by molar-refractivity contribution is 5.87. The second kappa shape index (κ2) is 10.6. The predicted molar refractivity (Wildman–Crippen MR) is 106 cm³/mol. The number of rotatable bonds is 10. The van der Waals surface area contributed by atoms with Crippen molar-refractivity contribution in [2.75, 3.05) is 13.1 Å². The Balaban J connectivity index is 1.91. The van der Waals surface area contributed by atoms with Crippen molar-refractivity contribution in [1.82, 2.24) is 9.88 Å². The number of pyridine rings is 1. The smallest absolute Gasteiger partial charge is 0.333 e. The van der Waals surface area contributed by atoms with Crippen molar-refractivity contribution in [3.63, 3.8) is 0 Å². The van der Waals surface area contributed by atoms with Gasteiger partial charge in [0.1, 0.15) is 6.10 Å².